The second-order valence-corrected chi connectivity index (χ2v) is 5.17. The molecule has 0 saturated carbocycles. The summed E-state index contributed by atoms with van der Waals surface area (Å²) >= 11 is 0. The third kappa shape index (κ3) is 3.40. The smallest absolute Gasteiger partial charge is 0.263 e. The van der Waals surface area contributed by atoms with Gasteiger partial charge in [-0.15, -0.1) is 0 Å². The molecule has 3 nitrogen and oxygen atoms in total. The van der Waals surface area contributed by atoms with E-state index in [0.29, 0.717) is 5.75 Å². The van der Waals surface area contributed by atoms with Gasteiger partial charge in [0, 0.05) is 5.56 Å². The predicted octanol–water partition coefficient (Wildman–Crippen LogP) is 3.96. The summed E-state index contributed by atoms with van der Waals surface area (Å²) in [7, 11) is 0. The minimum Gasteiger partial charge on any atom is -0.476 e. The van der Waals surface area contributed by atoms with Crippen molar-refractivity contribution in [2.24, 2.45) is 5.73 Å². The van der Waals surface area contributed by atoms with Crippen LogP contribution in [0, 0.1) is 0 Å². The molecule has 114 valence electrons. The molecule has 0 aromatic heterocycles. The van der Waals surface area contributed by atoms with E-state index in [9.17, 15) is 4.79 Å². The van der Waals surface area contributed by atoms with Crippen LogP contribution < -0.4 is 10.5 Å². The Kier molecular flexibility index (Phi) is 4.39. The number of rotatable bonds is 5. The van der Waals surface area contributed by atoms with Crippen LogP contribution in [-0.4, -0.2) is 5.91 Å². The molecule has 0 radical (unpaired) electrons. The summed E-state index contributed by atoms with van der Waals surface area (Å²) in [6.45, 7) is 0. The zero-order chi connectivity index (χ0) is 16.1. The van der Waals surface area contributed by atoms with Crippen molar-refractivity contribution < 1.29 is 9.53 Å². The molecule has 0 aliphatic heterocycles. The first-order valence-electron chi connectivity index (χ1n) is 7.41. The number of para-hydroxylation sites is 1. The van der Waals surface area contributed by atoms with Gasteiger partial charge in [0.2, 0.25) is 6.10 Å². The largest absolute Gasteiger partial charge is 0.476 e. The van der Waals surface area contributed by atoms with Gasteiger partial charge in [0.05, 0.1) is 0 Å². The predicted molar refractivity (Wildman–Crippen MR) is 90.9 cm³/mol. The molecule has 0 heterocycles. The Morgan fingerprint density at radius 3 is 2.00 bits per heavy atom. The van der Waals surface area contributed by atoms with Gasteiger partial charge < -0.3 is 10.5 Å². The summed E-state index contributed by atoms with van der Waals surface area (Å²) in [6.07, 6.45) is -0.839. The number of carbonyl (C=O) groups is 1. The molecule has 3 aromatic carbocycles. The zero-order valence-electron chi connectivity index (χ0n) is 12.6. The lowest BCUT2D eigenvalue weighted by atomic mass is 9.96. The van der Waals surface area contributed by atoms with Crippen LogP contribution in [0.2, 0.25) is 0 Å². The molecule has 0 saturated heterocycles. The molecule has 1 unspecified atom stereocenters. The van der Waals surface area contributed by atoms with Crippen LogP contribution in [-0.2, 0) is 4.79 Å². The normalized spacial score (nSPS) is 11.7. The summed E-state index contributed by atoms with van der Waals surface area (Å²) in [5.74, 6) is 0.0939. The first-order valence-corrected chi connectivity index (χ1v) is 7.41. The van der Waals surface area contributed by atoms with Gasteiger partial charge in [-0.05, 0) is 23.3 Å². The fourth-order valence-corrected chi connectivity index (χ4v) is 2.52. The van der Waals surface area contributed by atoms with Crippen molar-refractivity contribution in [1.82, 2.24) is 0 Å². The quantitative estimate of drug-likeness (QED) is 0.775. The topological polar surface area (TPSA) is 52.3 Å². The minimum absolute atomic E-state index is 0.516. The molecule has 2 N–H and O–H groups in total. The number of benzene rings is 3. The van der Waals surface area contributed by atoms with Crippen LogP contribution in [0.4, 0.5) is 0 Å². The molecule has 0 aliphatic rings. The Bertz CT molecular complexity index is 785. The van der Waals surface area contributed by atoms with E-state index < -0.39 is 12.0 Å². The molecule has 3 aromatic rings. The Balaban J connectivity index is 2.02. The highest BCUT2D eigenvalue weighted by molar-refractivity contribution is 5.84. The average Bonchev–Trinajstić information content (AvgIpc) is 2.61. The first kappa shape index (κ1) is 14.9. The van der Waals surface area contributed by atoms with Gasteiger partial charge in [0.25, 0.3) is 5.91 Å². The van der Waals surface area contributed by atoms with Crippen molar-refractivity contribution in [3.8, 4) is 16.9 Å². The standard InChI is InChI=1S/C20H17NO2/c21-20(22)19(23-16-11-5-2-6-12-16)18-14-8-7-13-17(18)15-9-3-1-4-10-15/h1-14,19H,(H2,21,22). The lowest BCUT2D eigenvalue weighted by molar-refractivity contribution is -0.124. The number of amides is 1. The van der Waals surface area contributed by atoms with Crippen LogP contribution in [0.3, 0.4) is 0 Å². The summed E-state index contributed by atoms with van der Waals surface area (Å²) in [5.41, 5.74) is 8.32. The summed E-state index contributed by atoms with van der Waals surface area (Å²) in [5, 5.41) is 0. The number of nitrogens with two attached hydrogens (primary N) is 1. The summed E-state index contributed by atoms with van der Waals surface area (Å²) < 4.78 is 5.85. The SMILES string of the molecule is NC(=O)C(Oc1ccccc1)c1ccccc1-c1ccccc1. The van der Waals surface area contributed by atoms with Gasteiger partial charge >= 0.3 is 0 Å². The lowest BCUT2D eigenvalue weighted by Gasteiger charge is -2.19. The molecular weight excluding hydrogens is 286 g/mol. The molecule has 0 aliphatic carbocycles. The van der Waals surface area contributed by atoms with Crippen molar-refractivity contribution in [1.29, 1.82) is 0 Å². The third-order valence-corrected chi connectivity index (χ3v) is 3.58. The van der Waals surface area contributed by atoms with Crippen molar-refractivity contribution in [2.75, 3.05) is 0 Å². The average molecular weight is 303 g/mol. The maximum Gasteiger partial charge on any atom is 0.263 e. The Morgan fingerprint density at radius 1 is 0.783 bits per heavy atom. The molecule has 3 heteroatoms. The molecule has 0 spiro atoms. The van der Waals surface area contributed by atoms with E-state index >= 15 is 0 Å². The highest BCUT2D eigenvalue weighted by Crippen LogP contribution is 2.31. The van der Waals surface area contributed by atoms with Crippen LogP contribution >= 0.6 is 0 Å². The summed E-state index contributed by atoms with van der Waals surface area (Å²) in [6, 6.07) is 26.8. The molecule has 23 heavy (non-hydrogen) atoms. The van der Waals surface area contributed by atoms with Crippen molar-refractivity contribution in [2.45, 2.75) is 6.10 Å². The highest BCUT2D eigenvalue weighted by atomic mass is 16.5. The summed E-state index contributed by atoms with van der Waals surface area (Å²) in [4.78, 5) is 12.0. The lowest BCUT2D eigenvalue weighted by Crippen LogP contribution is -2.26. The Hall–Kier alpha value is -3.07. The van der Waals surface area contributed by atoms with E-state index in [2.05, 4.69) is 0 Å². The van der Waals surface area contributed by atoms with E-state index in [1.807, 2.05) is 72.8 Å². The molecule has 3 rings (SSSR count). The van der Waals surface area contributed by atoms with E-state index in [0.717, 1.165) is 16.7 Å². The second-order valence-electron chi connectivity index (χ2n) is 5.17. The number of ether oxygens (including phenoxy) is 1. The molecule has 1 atom stereocenters. The van der Waals surface area contributed by atoms with E-state index in [1.54, 1.807) is 12.1 Å². The second kappa shape index (κ2) is 6.79. The maximum absolute atomic E-state index is 12.0. The van der Waals surface area contributed by atoms with Crippen LogP contribution in [0.5, 0.6) is 5.75 Å². The van der Waals surface area contributed by atoms with Gasteiger partial charge in [-0.1, -0.05) is 72.8 Å². The van der Waals surface area contributed by atoms with E-state index in [1.165, 1.54) is 0 Å². The number of hydrogen-bond acceptors (Lipinski definition) is 2. The number of hydrogen-bond donors (Lipinski definition) is 1. The fraction of sp³-hybridized carbons (Fsp3) is 0.0500. The molecular formula is C20H17NO2. The van der Waals surface area contributed by atoms with Gasteiger partial charge in [-0.25, -0.2) is 0 Å². The molecule has 0 bridgehead atoms. The zero-order valence-corrected chi connectivity index (χ0v) is 12.6. The highest BCUT2D eigenvalue weighted by Gasteiger charge is 2.23. The fourth-order valence-electron chi connectivity index (χ4n) is 2.52. The van der Waals surface area contributed by atoms with Gasteiger partial charge in [0.1, 0.15) is 5.75 Å². The monoisotopic (exact) mass is 303 g/mol. The van der Waals surface area contributed by atoms with Crippen LogP contribution in [0.15, 0.2) is 84.9 Å². The van der Waals surface area contributed by atoms with Crippen LogP contribution in [0.1, 0.15) is 11.7 Å². The molecule has 0 fully saturated rings. The Morgan fingerprint density at radius 2 is 1.35 bits per heavy atom. The van der Waals surface area contributed by atoms with Crippen LogP contribution in [0.25, 0.3) is 11.1 Å². The minimum atomic E-state index is -0.839. The molecule has 1 amide bonds. The van der Waals surface area contributed by atoms with Crippen molar-refractivity contribution in [3.63, 3.8) is 0 Å². The van der Waals surface area contributed by atoms with Gasteiger partial charge in [-0.2, -0.15) is 0 Å². The van der Waals surface area contributed by atoms with E-state index in [-0.39, 0.29) is 0 Å². The van der Waals surface area contributed by atoms with Gasteiger partial charge in [-0.3, -0.25) is 4.79 Å². The Labute approximate surface area is 135 Å². The maximum atomic E-state index is 12.0. The first-order chi connectivity index (χ1) is 11.3. The van der Waals surface area contributed by atoms with Crippen molar-refractivity contribution in [3.05, 3.63) is 90.5 Å². The van der Waals surface area contributed by atoms with Crippen molar-refractivity contribution >= 4 is 5.91 Å². The third-order valence-electron chi connectivity index (χ3n) is 3.58. The number of carbonyl (C=O) groups excluding carboxylic acids is 1. The van der Waals surface area contributed by atoms with Gasteiger partial charge in [0.15, 0.2) is 0 Å². The number of primary amides is 1. The van der Waals surface area contributed by atoms with E-state index in [4.69, 9.17) is 10.5 Å².